The first-order valence-corrected chi connectivity index (χ1v) is 8.62. The molecule has 0 unspecified atom stereocenters. The molecule has 0 saturated heterocycles. The molecular formula is C22H22N2O3. The third-order valence-electron chi connectivity index (χ3n) is 4.39. The molecule has 3 aromatic rings. The number of para-hydroxylation sites is 2. The van der Waals surface area contributed by atoms with Crippen LogP contribution >= 0.6 is 0 Å². The van der Waals surface area contributed by atoms with Crippen LogP contribution in [0.4, 0.5) is 0 Å². The molecular weight excluding hydrogens is 340 g/mol. The number of allylic oxidation sites excluding steroid dienone is 1. The molecule has 0 bridgehead atoms. The van der Waals surface area contributed by atoms with E-state index < -0.39 is 0 Å². The Balaban J connectivity index is 1.94. The van der Waals surface area contributed by atoms with E-state index >= 15 is 0 Å². The number of aryl methyl sites for hydroxylation is 1. The summed E-state index contributed by atoms with van der Waals surface area (Å²) in [5, 5.41) is 4.53. The van der Waals surface area contributed by atoms with Gasteiger partial charge in [0.1, 0.15) is 0 Å². The molecule has 0 fully saturated rings. The predicted molar refractivity (Wildman–Crippen MR) is 106 cm³/mol. The van der Waals surface area contributed by atoms with Crippen LogP contribution in [0, 0.1) is 13.8 Å². The van der Waals surface area contributed by atoms with Crippen molar-refractivity contribution in [2.45, 2.75) is 13.8 Å². The molecule has 0 saturated carbocycles. The third kappa shape index (κ3) is 3.62. The lowest BCUT2D eigenvalue weighted by Gasteiger charge is -2.09. The number of carbonyl (C=O) groups is 1. The molecule has 0 radical (unpaired) electrons. The Morgan fingerprint density at radius 1 is 1.00 bits per heavy atom. The second kappa shape index (κ2) is 7.91. The van der Waals surface area contributed by atoms with Gasteiger partial charge in [-0.15, -0.1) is 0 Å². The van der Waals surface area contributed by atoms with Crippen LogP contribution in [0.15, 0.2) is 54.6 Å². The second-order valence-corrected chi connectivity index (χ2v) is 6.07. The predicted octanol–water partition coefficient (Wildman–Crippen LogP) is 4.40. The van der Waals surface area contributed by atoms with Gasteiger partial charge < -0.3 is 9.47 Å². The zero-order valence-corrected chi connectivity index (χ0v) is 15.9. The molecule has 138 valence electrons. The maximum absolute atomic E-state index is 12.8. The highest BCUT2D eigenvalue weighted by Crippen LogP contribution is 2.31. The van der Waals surface area contributed by atoms with E-state index in [-0.39, 0.29) is 5.78 Å². The third-order valence-corrected chi connectivity index (χ3v) is 4.39. The van der Waals surface area contributed by atoms with Gasteiger partial charge in [-0.2, -0.15) is 5.10 Å². The maximum atomic E-state index is 12.8. The molecule has 1 heterocycles. The Morgan fingerprint density at radius 3 is 2.41 bits per heavy atom. The van der Waals surface area contributed by atoms with Crippen molar-refractivity contribution in [2.75, 3.05) is 14.2 Å². The Hall–Kier alpha value is -3.34. The molecule has 3 rings (SSSR count). The number of methoxy groups -OCH3 is 2. The monoisotopic (exact) mass is 362 g/mol. The van der Waals surface area contributed by atoms with Gasteiger partial charge in [-0.3, -0.25) is 4.79 Å². The standard InChI is InChI=1S/C22H22N2O3/c1-15-21(16(2)24(23-15)18-10-6-5-7-11-18)19(25)14-13-17-9-8-12-20(26-3)22(17)27-4/h5-14H,1-4H3/b14-13+. The van der Waals surface area contributed by atoms with Crippen molar-refractivity contribution in [1.82, 2.24) is 9.78 Å². The van der Waals surface area contributed by atoms with Crippen LogP contribution in [-0.2, 0) is 0 Å². The molecule has 0 atom stereocenters. The van der Waals surface area contributed by atoms with E-state index in [0.717, 1.165) is 16.9 Å². The van der Waals surface area contributed by atoms with Gasteiger partial charge in [0.2, 0.25) is 0 Å². The normalized spacial score (nSPS) is 11.0. The van der Waals surface area contributed by atoms with Gasteiger partial charge in [0.05, 0.1) is 36.9 Å². The summed E-state index contributed by atoms with van der Waals surface area (Å²) >= 11 is 0. The lowest BCUT2D eigenvalue weighted by atomic mass is 10.1. The molecule has 0 amide bonds. The molecule has 0 aliphatic rings. The van der Waals surface area contributed by atoms with Crippen LogP contribution in [-0.4, -0.2) is 29.8 Å². The first-order chi connectivity index (χ1) is 13.1. The highest BCUT2D eigenvalue weighted by molar-refractivity contribution is 6.08. The van der Waals surface area contributed by atoms with Gasteiger partial charge in [0, 0.05) is 5.56 Å². The Morgan fingerprint density at radius 2 is 1.74 bits per heavy atom. The summed E-state index contributed by atoms with van der Waals surface area (Å²) in [6.07, 6.45) is 3.28. The average Bonchev–Trinajstić information content (AvgIpc) is 3.00. The minimum absolute atomic E-state index is 0.0999. The van der Waals surface area contributed by atoms with Gasteiger partial charge in [0.25, 0.3) is 0 Å². The first kappa shape index (κ1) is 18.5. The van der Waals surface area contributed by atoms with Crippen molar-refractivity contribution in [3.63, 3.8) is 0 Å². The quantitative estimate of drug-likeness (QED) is 0.482. The number of ether oxygens (including phenoxy) is 2. The number of aromatic nitrogens is 2. The zero-order chi connectivity index (χ0) is 19.4. The van der Waals surface area contributed by atoms with Crippen molar-refractivity contribution < 1.29 is 14.3 Å². The van der Waals surface area contributed by atoms with E-state index in [1.54, 1.807) is 31.1 Å². The number of nitrogens with zero attached hydrogens (tertiary/aromatic N) is 2. The van der Waals surface area contributed by atoms with Crippen LogP contribution in [0.5, 0.6) is 11.5 Å². The molecule has 2 aromatic carbocycles. The summed E-state index contributed by atoms with van der Waals surface area (Å²) in [7, 11) is 3.16. The van der Waals surface area contributed by atoms with Crippen LogP contribution < -0.4 is 9.47 Å². The summed E-state index contributed by atoms with van der Waals surface area (Å²) in [6.45, 7) is 3.75. The van der Waals surface area contributed by atoms with Gasteiger partial charge in [-0.25, -0.2) is 4.68 Å². The lowest BCUT2D eigenvalue weighted by molar-refractivity contribution is 0.104. The van der Waals surface area contributed by atoms with E-state index in [0.29, 0.717) is 22.8 Å². The molecule has 0 aliphatic heterocycles. The smallest absolute Gasteiger partial charge is 0.189 e. The topological polar surface area (TPSA) is 53.3 Å². The summed E-state index contributed by atoms with van der Waals surface area (Å²) in [5.41, 5.74) is 3.82. The van der Waals surface area contributed by atoms with E-state index in [4.69, 9.17) is 9.47 Å². The Kier molecular flexibility index (Phi) is 5.41. The van der Waals surface area contributed by atoms with Crippen LogP contribution in [0.2, 0.25) is 0 Å². The van der Waals surface area contributed by atoms with Gasteiger partial charge in [-0.1, -0.05) is 30.3 Å². The SMILES string of the molecule is COc1cccc(/C=C/C(=O)c2c(C)nn(-c3ccccc3)c2C)c1OC. The van der Waals surface area contributed by atoms with Crippen molar-refractivity contribution in [3.8, 4) is 17.2 Å². The second-order valence-electron chi connectivity index (χ2n) is 6.07. The molecule has 0 spiro atoms. The summed E-state index contributed by atoms with van der Waals surface area (Å²) in [5.74, 6) is 1.12. The van der Waals surface area contributed by atoms with Gasteiger partial charge >= 0.3 is 0 Å². The fourth-order valence-corrected chi connectivity index (χ4v) is 3.11. The van der Waals surface area contributed by atoms with E-state index in [2.05, 4.69) is 5.10 Å². The molecule has 27 heavy (non-hydrogen) atoms. The van der Waals surface area contributed by atoms with E-state index in [1.165, 1.54) is 0 Å². The Labute approximate surface area is 158 Å². The summed E-state index contributed by atoms with van der Waals surface area (Å²) in [6, 6.07) is 15.3. The molecule has 0 aliphatic carbocycles. The molecule has 5 heteroatoms. The van der Waals surface area contributed by atoms with Crippen LogP contribution in [0.1, 0.15) is 27.3 Å². The average molecular weight is 362 g/mol. The number of hydrogen-bond donors (Lipinski definition) is 0. The minimum atomic E-state index is -0.0999. The van der Waals surface area contributed by atoms with E-state index in [9.17, 15) is 4.79 Å². The van der Waals surface area contributed by atoms with Crippen molar-refractivity contribution in [2.24, 2.45) is 0 Å². The fraction of sp³-hybridized carbons (Fsp3) is 0.182. The van der Waals surface area contributed by atoms with Crippen molar-refractivity contribution >= 4 is 11.9 Å². The number of ketones is 1. The number of rotatable bonds is 6. The van der Waals surface area contributed by atoms with Crippen LogP contribution in [0.25, 0.3) is 11.8 Å². The minimum Gasteiger partial charge on any atom is -0.493 e. The lowest BCUT2D eigenvalue weighted by Crippen LogP contribution is -2.01. The summed E-state index contributed by atoms with van der Waals surface area (Å²) in [4.78, 5) is 12.8. The highest BCUT2D eigenvalue weighted by atomic mass is 16.5. The first-order valence-electron chi connectivity index (χ1n) is 8.62. The largest absolute Gasteiger partial charge is 0.493 e. The van der Waals surface area contributed by atoms with Crippen molar-refractivity contribution in [1.29, 1.82) is 0 Å². The zero-order valence-electron chi connectivity index (χ0n) is 15.9. The molecule has 0 N–H and O–H groups in total. The van der Waals surface area contributed by atoms with E-state index in [1.807, 2.05) is 62.4 Å². The van der Waals surface area contributed by atoms with Crippen molar-refractivity contribution in [3.05, 3.63) is 77.1 Å². The van der Waals surface area contributed by atoms with Gasteiger partial charge in [0.15, 0.2) is 17.3 Å². The molecule has 1 aromatic heterocycles. The Bertz CT molecular complexity index is 988. The number of benzene rings is 2. The highest BCUT2D eigenvalue weighted by Gasteiger charge is 2.18. The molecule has 5 nitrogen and oxygen atoms in total. The fourth-order valence-electron chi connectivity index (χ4n) is 3.11. The number of hydrogen-bond acceptors (Lipinski definition) is 4. The van der Waals surface area contributed by atoms with Gasteiger partial charge in [-0.05, 0) is 44.2 Å². The van der Waals surface area contributed by atoms with Crippen LogP contribution in [0.3, 0.4) is 0 Å². The summed E-state index contributed by atoms with van der Waals surface area (Å²) < 4.78 is 12.5. The number of carbonyl (C=O) groups excluding carboxylic acids is 1. The maximum Gasteiger partial charge on any atom is 0.189 e.